The maximum atomic E-state index is 14.7. The lowest BCUT2D eigenvalue weighted by Crippen LogP contribution is -2.57. The number of esters is 1. The number of unbranched alkanes of at least 4 members (excludes halogenated alkanes) is 1. The largest absolute Gasteiger partial charge is 0.465 e. The molecule has 3 aliphatic rings. The number of hydrogen-bond acceptors (Lipinski definition) is 6. The van der Waals surface area contributed by atoms with Gasteiger partial charge in [-0.1, -0.05) is 88.7 Å². The van der Waals surface area contributed by atoms with Crippen LogP contribution in [0.4, 0.5) is 0 Å². The van der Waals surface area contributed by atoms with Crippen LogP contribution in [0, 0.1) is 11.8 Å². The molecule has 0 aliphatic carbocycles. The zero-order chi connectivity index (χ0) is 29.9. The monoisotopic (exact) mass is 636 g/mol. The number of benzene rings is 2. The number of halogens is 1. The maximum Gasteiger partial charge on any atom is 0.312 e. The van der Waals surface area contributed by atoms with Crippen molar-refractivity contribution in [2.75, 3.05) is 19.8 Å². The number of carbonyl (C=O) groups excluding carboxylic acids is 3. The summed E-state index contributed by atoms with van der Waals surface area (Å²) in [5.41, 5.74) is 0.348. The molecule has 3 fully saturated rings. The minimum Gasteiger partial charge on any atom is -0.465 e. The van der Waals surface area contributed by atoms with E-state index >= 15 is 0 Å². The SMILES string of the molecule is C=CCCCOC(=O)[C@H]1[C@H]2C(=O)N([C@H](CO)c3ccccc3)C(C(=O)N(CC=C)Cc3ccccc3)C23CC(Br)[C@@H]1O3. The van der Waals surface area contributed by atoms with Crippen LogP contribution in [0.25, 0.3) is 0 Å². The predicted octanol–water partition coefficient (Wildman–Crippen LogP) is 4.19. The lowest BCUT2D eigenvalue weighted by Gasteiger charge is -2.39. The lowest BCUT2D eigenvalue weighted by molar-refractivity contribution is -0.156. The highest BCUT2D eigenvalue weighted by molar-refractivity contribution is 9.09. The fourth-order valence-corrected chi connectivity index (χ4v) is 7.79. The number of alkyl halides is 1. The molecule has 2 bridgehead atoms. The van der Waals surface area contributed by atoms with Crippen molar-refractivity contribution in [1.29, 1.82) is 0 Å². The van der Waals surface area contributed by atoms with Crippen molar-refractivity contribution in [3.63, 3.8) is 0 Å². The Kier molecular flexibility index (Phi) is 9.30. The molecular formula is C33H37BrN2O6. The Hall–Kier alpha value is -3.27. The molecule has 2 aromatic carbocycles. The van der Waals surface area contributed by atoms with Crippen molar-refractivity contribution < 1.29 is 29.0 Å². The Morgan fingerprint density at radius 3 is 2.48 bits per heavy atom. The van der Waals surface area contributed by atoms with Gasteiger partial charge in [0, 0.05) is 17.9 Å². The number of allylic oxidation sites excluding steroid dienone is 1. The molecule has 2 amide bonds. The molecule has 3 heterocycles. The van der Waals surface area contributed by atoms with Gasteiger partial charge in [0.25, 0.3) is 0 Å². The standard InChI is InChI=1S/C33H37BrN2O6/c1-3-5-12-18-41-32(40)26-27-30(38)36(25(21-37)23-15-10-7-11-16-23)29(33(27)19-24(34)28(26)42-33)31(39)35(17-4-2)20-22-13-8-6-9-14-22/h3-4,6-11,13-16,24-29,37H,1-2,5,12,17-21H2/t24?,25-,26+,27+,28+,29?,33?/m1/s1. The Balaban J connectivity index is 1.57. The Labute approximate surface area is 255 Å². The number of aliphatic hydroxyl groups excluding tert-OH is 1. The van der Waals surface area contributed by atoms with E-state index in [1.807, 2.05) is 60.7 Å². The van der Waals surface area contributed by atoms with Crippen molar-refractivity contribution in [3.05, 3.63) is 97.1 Å². The van der Waals surface area contributed by atoms with Gasteiger partial charge in [-0.15, -0.1) is 13.2 Å². The van der Waals surface area contributed by atoms with Crippen molar-refractivity contribution in [1.82, 2.24) is 9.80 Å². The quantitative estimate of drug-likeness (QED) is 0.153. The molecule has 8 nitrogen and oxygen atoms in total. The van der Waals surface area contributed by atoms with E-state index in [1.54, 1.807) is 17.1 Å². The normalized spacial score (nSPS) is 28.3. The van der Waals surface area contributed by atoms with Crippen LogP contribution < -0.4 is 0 Å². The van der Waals surface area contributed by atoms with Crippen LogP contribution in [0.3, 0.4) is 0 Å². The van der Waals surface area contributed by atoms with Gasteiger partial charge in [0.15, 0.2) is 0 Å². The summed E-state index contributed by atoms with van der Waals surface area (Å²) in [7, 11) is 0. The molecule has 5 rings (SSSR count). The van der Waals surface area contributed by atoms with Gasteiger partial charge in [0.1, 0.15) is 11.6 Å². The third kappa shape index (κ3) is 5.34. The van der Waals surface area contributed by atoms with Gasteiger partial charge in [-0.05, 0) is 30.4 Å². The van der Waals surface area contributed by atoms with Crippen molar-refractivity contribution in [2.45, 2.75) is 54.4 Å². The number of nitrogens with zero attached hydrogens (tertiary/aromatic N) is 2. The number of rotatable bonds is 13. The van der Waals surface area contributed by atoms with E-state index in [2.05, 4.69) is 29.1 Å². The van der Waals surface area contributed by atoms with Crippen LogP contribution >= 0.6 is 15.9 Å². The van der Waals surface area contributed by atoms with Crippen molar-refractivity contribution >= 4 is 33.7 Å². The van der Waals surface area contributed by atoms with Gasteiger partial charge in [-0.25, -0.2) is 0 Å². The number of hydrogen-bond donors (Lipinski definition) is 1. The van der Waals surface area contributed by atoms with Crippen molar-refractivity contribution in [3.8, 4) is 0 Å². The highest BCUT2D eigenvalue weighted by Crippen LogP contribution is 2.61. The third-order valence-electron chi connectivity index (χ3n) is 8.60. The molecule has 1 N–H and O–H groups in total. The Bertz CT molecular complexity index is 1310. The van der Waals surface area contributed by atoms with E-state index in [9.17, 15) is 19.5 Å². The van der Waals surface area contributed by atoms with Crippen molar-refractivity contribution in [2.24, 2.45) is 11.8 Å². The van der Waals surface area contributed by atoms with Gasteiger partial charge in [-0.2, -0.15) is 0 Å². The minimum absolute atomic E-state index is 0.203. The fourth-order valence-electron chi connectivity index (χ4n) is 6.84. The van der Waals surface area contributed by atoms with Crippen LogP contribution in [0.5, 0.6) is 0 Å². The molecule has 3 saturated heterocycles. The van der Waals surface area contributed by atoms with E-state index < -0.39 is 48.2 Å². The summed E-state index contributed by atoms with van der Waals surface area (Å²) in [6, 6.07) is 16.9. The molecule has 9 heteroatoms. The highest BCUT2D eigenvalue weighted by Gasteiger charge is 2.77. The highest BCUT2D eigenvalue weighted by atomic mass is 79.9. The number of aliphatic hydroxyl groups is 1. The molecule has 3 unspecified atom stereocenters. The summed E-state index contributed by atoms with van der Waals surface area (Å²) < 4.78 is 12.3. The summed E-state index contributed by atoms with van der Waals surface area (Å²) in [5, 5.41) is 10.7. The average Bonchev–Trinajstić information content (AvgIpc) is 3.60. The van der Waals surface area contributed by atoms with E-state index in [1.165, 1.54) is 4.90 Å². The molecule has 42 heavy (non-hydrogen) atoms. The van der Waals surface area contributed by atoms with Gasteiger partial charge < -0.3 is 24.4 Å². The topological polar surface area (TPSA) is 96.4 Å². The predicted molar refractivity (Wildman–Crippen MR) is 161 cm³/mol. The summed E-state index contributed by atoms with van der Waals surface area (Å²) in [5.74, 6) is -3.00. The molecule has 0 saturated carbocycles. The van der Waals surface area contributed by atoms with E-state index in [4.69, 9.17) is 9.47 Å². The molecule has 2 aromatic rings. The first-order valence-corrected chi connectivity index (χ1v) is 15.3. The fraction of sp³-hybridized carbons (Fsp3) is 0.424. The van der Waals surface area contributed by atoms with Crippen LogP contribution in [-0.2, 0) is 30.4 Å². The first-order chi connectivity index (χ1) is 20.4. The molecule has 222 valence electrons. The van der Waals surface area contributed by atoms with Crippen LogP contribution in [0.1, 0.15) is 36.4 Å². The van der Waals surface area contributed by atoms with E-state index in [-0.39, 0.29) is 29.8 Å². The molecular weight excluding hydrogens is 600 g/mol. The molecule has 1 spiro atoms. The summed E-state index contributed by atoms with van der Waals surface area (Å²) in [6.07, 6.45) is 4.48. The number of fused-ring (bicyclic) bond motifs is 1. The van der Waals surface area contributed by atoms with Gasteiger partial charge in [-0.3, -0.25) is 14.4 Å². The molecule has 3 aliphatic heterocycles. The second-order valence-corrected chi connectivity index (χ2v) is 12.3. The molecule has 0 radical (unpaired) electrons. The maximum absolute atomic E-state index is 14.7. The first-order valence-electron chi connectivity index (χ1n) is 14.4. The summed E-state index contributed by atoms with van der Waals surface area (Å²) in [4.78, 5) is 45.6. The molecule has 0 aromatic heterocycles. The van der Waals surface area contributed by atoms with Crippen LogP contribution in [-0.4, -0.2) is 75.0 Å². The second kappa shape index (κ2) is 12.9. The van der Waals surface area contributed by atoms with Crippen LogP contribution in [0.2, 0.25) is 0 Å². The third-order valence-corrected chi connectivity index (χ3v) is 9.45. The Morgan fingerprint density at radius 1 is 1.14 bits per heavy atom. The number of likely N-dealkylation sites (tertiary alicyclic amines) is 1. The van der Waals surface area contributed by atoms with Crippen LogP contribution in [0.15, 0.2) is 86.0 Å². The smallest absolute Gasteiger partial charge is 0.312 e. The van der Waals surface area contributed by atoms with Gasteiger partial charge >= 0.3 is 5.97 Å². The zero-order valence-corrected chi connectivity index (χ0v) is 25.1. The van der Waals surface area contributed by atoms with E-state index in [0.29, 0.717) is 31.4 Å². The molecule has 7 atom stereocenters. The number of amides is 2. The number of carbonyl (C=O) groups is 3. The van der Waals surface area contributed by atoms with E-state index in [0.717, 1.165) is 5.56 Å². The summed E-state index contributed by atoms with van der Waals surface area (Å²) >= 11 is 3.70. The van der Waals surface area contributed by atoms with Gasteiger partial charge in [0.2, 0.25) is 11.8 Å². The first kappa shape index (κ1) is 30.2. The lowest BCUT2D eigenvalue weighted by atomic mass is 9.70. The summed E-state index contributed by atoms with van der Waals surface area (Å²) in [6.45, 7) is 7.92. The average molecular weight is 638 g/mol. The zero-order valence-electron chi connectivity index (χ0n) is 23.5. The minimum atomic E-state index is -1.27. The Morgan fingerprint density at radius 2 is 1.83 bits per heavy atom. The number of ether oxygens (including phenoxy) is 2. The van der Waals surface area contributed by atoms with Gasteiger partial charge in [0.05, 0.1) is 37.2 Å². The second-order valence-electron chi connectivity index (χ2n) is 11.1.